The summed E-state index contributed by atoms with van der Waals surface area (Å²) in [6.45, 7) is 12.5. The zero-order chi connectivity index (χ0) is 13.4. The van der Waals surface area contributed by atoms with Crippen molar-refractivity contribution in [1.82, 2.24) is 10.3 Å². The van der Waals surface area contributed by atoms with E-state index in [1.807, 2.05) is 11.3 Å². The van der Waals surface area contributed by atoms with Crippen LogP contribution in [0.3, 0.4) is 0 Å². The first-order chi connectivity index (χ1) is 8.47. The number of rotatable bonds is 6. The summed E-state index contributed by atoms with van der Waals surface area (Å²) in [5, 5.41) is 5.07. The molecule has 1 atom stereocenters. The van der Waals surface area contributed by atoms with Gasteiger partial charge in [-0.1, -0.05) is 20.8 Å². The Hall–Kier alpha value is -0.410. The van der Waals surface area contributed by atoms with Crippen molar-refractivity contribution in [2.45, 2.75) is 65.8 Å². The number of nitrogens with zero attached hydrogens (tertiary/aromatic N) is 1. The summed E-state index contributed by atoms with van der Waals surface area (Å²) >= 11 is 1.89. The van der Waals surface area contributed by atoms with E-state index >= 15 is 0 Å². The molecule has 0 saturated heterocycles. The smallest absolute Gasteiger partial charge is 0.114 e. The predicted molar refractivity (Wildman–Crippen MR) is 79.2 cm³/mol. The van der Waals surface area contributed by atoms with Gasteiger partial charge in [0, 0.05) is 4.88 Å². The third kappa shape index (κ3) is 2.23. The summed E-state index contributed by atoms with van der Waals surface area (Å²) in [4.78, 5) is 6.31. The molecule has 0 bridgehead atoms. The molecule has 3 heteroatoms. The molecule has 0 aliphatic heterocycles. The number of thiazole rings is 1. The molecule has 1 saturated carbocycles. The van der Waals surface area contributed by atoms with E-state index in [2.05, 4.69) is 39.9 Å². The first kappa shape index (κ1) is 14.0. The Morgan fingerprint density at radius 1 is 1.39 bits per heavy atom. The quantitative estimate of drug-likeness (QED) is 0.841. The van der Waals surface area contributed by atoms with Gasteiger partial charge in [-0.2, -0.15) is 0 Å². The van der Waals surface area contributed by atoms with Crippen molar-refractivity contribution in [3.8, 4) is 0 Å². The van der Waals surface area contributed by atoms with E-state index in [0.717, 1.165) is 13.0 Å². The molecule has 102 valence electrons. The van der Waals surface area contributed by atoms with Gasteiger partial charge in [0.1, 0.15) is 5.01 Å². The van der Waals surface area contributed by atoms with Crippen LogP contribution in [-0.4, -0.2) is 11.5 Å². The van der Waals surface area contributed by atoms with E-state index < -0.39 is 0 Å². The molecule has 1 heterocycles. The monoisotopic (exact) mass is 266 g/mol. The Kier molecular flexibility index (Phi) is 3.84. The minimum atomic E-state index is 0.0614. The van der Waals surface area contributed by atoms with E-state index in [-0.39, 0.29) is 5.54 Å². The molecule has 1 aromatic heterocycles. The number of aromatic nitrogens is 1. The second-order valence-corrected chi connectivity index (χ2v) is 7.19. The maximum absolute atomic E-state index is 4.92. The van der Waals surface area contributed by atoms with Crippen LogP contribution in [0.4, 0.5) is 0 Å². The van der Waals surface area contributed by atoms with Gasteiger partial charge in [-0.05, 0) is 51.5 Å². The van der Waals surface area contributed by atoms with E-state index in [1.165, 1.54) is 34.8 Å². The lowest BCUT2D eigenvalue weighted by Crippen LogP contribution is -2.46. The van der Waals surface area contributed by atoms with Crippen molar-refractivity contribution in [2.24, 2.45) is 5.41 Å². The van der Waals surface area contributed by atoms with Crippen molar-refractivity contribution in [3.63, 3.8) is 0 Å². The molecule has 1 unspecified atom stereocenters. The highest BCUT2D eigenvalue weighted by Gasteiger charge is 2.55. The van der Waals surface area contributed by atoms with E-state index in [4.69, 9.17) is 4.98 Å². The van der Waals surface area contributed by atoms with Crippen LogP contribution in [0.25, 0.3) is 0 Å². The largest absolute Gasteiger partial charge is 0.305 e. The lowest BCUT2D eigenvalue weighted by molar-refractivity contribution is 0.226. The molecule has 0 spiro atoms. The van der Waals surface area contributed by atoms with Gasteiger partial charge < -0.3 is 5.32 Å². The number of hydrogen-bond acceptors (Lipinski definition) is 3. The zero-order valence-electron chi connectivity index (χ0n) is 12.4. The zero-order valence-corrected chi connectivity index (χ0v) is 13.2. The van der Waals surface area contributed by atoms with Crippen molar-refractivity contribution >= 4 is 11.3 Å². The SMILES string of the molecule is CCCNC(C)(c1nc(CC)c(C)s1)C1(C)CC1. The van der Waals surface area contributed by atoms with Crippen molar-refractivity contribution in [2.75, 3.05) is 6.54 Å². The second kappa shape index (κ2) is 4.93. The topological polar surface area (TPSA) is 24.9 Å². The third-order valence-electron chi connectivity index (χ3n) is 4.59. The van der Waals surface area contributed by atoms with Gasteiger partial charge in [0.15, 0.2) is 0 Å². The van der Waals surface area contributed by atoms with Crippen LogP contribution in [0.1, 0.15) is 62.5 Å². The van der Waals surface area contributed by atoms with Crippen LogP contribution in [-0.2, 0) is 12.0 Å². The third-order valence-corrected chi connectivity index (χ3v) is 5.83. The lowest BCUT2D eigenvalue weighted by Gasteiger charge is -2.35. The first-order valence-corrected chi connectivity index (χ1v) is 8.00. The first-order valence-electron chi connectivity index (χ1n) is 7.18. The van der Waals surface area contributed by atoms with Crippen LogP contribution in [0, 0.1) is 12.3 Å². The van der Waals surface area contributed by atoms with Gasteiger partial charge in [-0.3, -0.25) is 0 Å². The highest BCUT2D eigenvalue weighted by molar-refractivity contribution is 7.11. The fourth-order valence-electron chi connectivity index (χ4n) is 2.58. The number of aryl methyl sites for hydroxylation is 2. The predicted octanol–water partition coefficient (Wildman–Crippen LogP) is 4.03. The Morgan fingerprint density at radius 2 is 2.06 bits per heavy atom. The molecular formula is C15H26N2S. The molecule has 1 fully saturated rings. The van der Waals surface area contributed by atoms with Gasteiger partial charge >= 0.3 is 0 Å². The molecule has 1 N–H and O–H groups in total. The fraction of sp³-hybridized carbons (Fsp3) is 0.800. The maximum Gasteiger partial charge on any atom is 0.114 e. The van der Waals surface area contributed by atoms with Gasteiger partial charge in [-0.15, -0.1) is 11.3 Å². The highest BCUT2D eigenvalue weighted by Crippen LogP contribution is 2.58. The number of nitrogens with one attached hydrogen (secondary N) is 1. The molecule has 1 aliphatic rings. The Bertz CT molecular complexity index is 420. The minimum absolute atomic E-state index is 0.0614. The van der Waals surface area contributed by atoms with Gasteiger partial charge in [0.25, 0.3) is 0 Å². The lowest BCUT2D eigenvalue weighted by atomic mass is 9.84. The summed E-state index contributed by atoms with van der Waals surface area (Å²) in [6, 6.07) is 0. The molecule has 2 rings (SSSR count). The van der Waals surface area contributed by atoms with Crippen molar-refractivity contribution in [3.05, 3.63) is 15.6 Å². The Morgan fingerprint density at radius 3 is 2.50 bits per heavy atom. The van der Waals surface area contributed by atoms with Crippen molar-refractivity contribution < 1.29 is 0 Å². The Balaban J connectivity index is 2.33. The summed E-state index contributed by atoms with van der Waals surface area (Å²) in [6.07, 6.45) is 4.86. The van der Waals surface area contributed by atoms with Crippen LogP contribution < -0.4 is 5.32 Å². The maximum atomic E-state index is 4.92. The van der Waals surface area contributed by atoms with Crippen LogP contribution >= 0.6 is 11.3 Å². The molecule has 0 amide bonds. The van der Waals surface area contributed by atoms with Crippen molar-refractivity contribution in [1.29, 1.82) is 0 Å². The molecule has 2 nitrogen and oxygen atoms in total. The minimum Gasteiger partial charge on any atom is -0.305 e. The summed E-state index contributed by atoms with van der Waals surface area (Å²) < 4.78 is 0. The molecule has 0 aromatic carbocycles. The van der Waals surface area contributed by atoms with Crippen LogP contribution in [0.5, 0.6) is 0 Å². The van der Waals surface area contributed by atoms with E-state index in [9.17, 15) is 0 Å². The average Bonchev–Trinajstić information content (AvgIpc) is 2.99. The second-order valence-electron chi connectivity index (χ2n) is 5.99. The summed E-state index contributed by atoms with van der Waals surface area (Å²) in [7, 11) is 0. The van der Waals surface area contributed by atoms with Crippen LogP contribution in [0.2, 0.25) is 0 Å². The van der Waals surface area contributed by atoms with E-state index in [0.29, 0.717) is 5.41 Å². The summed E-state index contributed by atoms with van der Waals surface area (Å²) in [5.41, 5.74) is 1.74. The standard InChI is InChI=1S/C15H26N2S/c1-6-10-16-15(5,14(4)8-9-14)13-17-12(7-2)11(3)18-13/h16H,6-10H2,1-5H3. The van der Waals surface area contributed by atoms with Gasteiger partial charge in [0.2, 0.25) is 0 Å². The fourth-order valence-corrected chi connectivity index (χ4v) is 3.86. The normalized spacial score (nSPS) is 20.7. The number of hydrogen-bond donors (Lipinski definition) is 1. The molecule has 1 aliphatic carbocycles. The van der Waals surface area contributed by atoms with Gasteiger partial charge in [0.05, 0.1) is 11.2 Å². The van der Waals surface area contributed by atoms with Crippen LogP contribution in [0.15, 0.2) is 0 Å². The van der Waals surface area contributed by atoms with E-state index in [1.54, 1.807) is 0 Å². The summed E-state index contributed by atoms with van der Waals surface area (Å²) in [5.74, 6) is 0. The molecule has 0 radical (unpaired) electrons. The molecular weight excluding hydrogens is 240 g/mol. The molecule has 1 aromatic rings. The van der Waals surface area contributed by atoms with Gasteiger partial charge in [-0.25, -0.2) is 4.98 Å². The Labute approximate surface area is 115 Å². The highest BCUT2D eigenvalue weighted by atomic mass is 32.1. The molecule has 18 heavy (non-hydrogen) atoms. The average molecular weight is 266 g/mol.